The van der Waals surface area contributed by atoms with E-state index >= 15 is 0 Å². The number of carbonyl (C=O) groups is 3. The molecule has 0 bridgehead atoms. The van der Waals surface area contributed by atoms with E-state index in [-0.39, 0.29) is 18.4 Å². The SMILES string of the molecule is O=C1NC(=O)C2(CCCN(C(=O)c3cccs3)C2)N1. The van der Waals surface area contributed by atoms with Crippen LogP contribution in [0.3, 0.4) is 0 Å². The van der Waals surface area contributed by atoms with Gasteiger partial charge in [-0.25, -0.2) is 4.79 Å². The van der Waals surface area contributed by atoms with E-state index in [9.17, 15) is 14.4 Å². The van der Waals surface area contributed by atoms with Gasteiger partial charge in [0.25, 0.3) is 11.8 Å². The number of nitrogens with one attached hydrogen (secondary N) is 2. The predicted octanol–water partition coefficient (Wildman–Crippen LogP) is 0.562. The number of nitrogens with zero attached hydrogens (tertiary/aromatic N) is 1. The summed E-state index contributed by atoms with van der Waals surface area (Å²) < 4.78 is 0. The summed E-state index contributed by atoms with van der Waals surface area (Å²) in [5.74, 6) is -0.413. The van der Waals surface area contributed by atoms with Crippen molar-refractivity contribution >= 4 is 29.2 Å². The highest BCUT2D eigenvalue weighted by Crippen LogP contribution is 2.26. The summed E-state index contributed by atoms with van der Waals surface area (Å²) in [5.41, 5.74) is -0.942. The lowest BCUT2D eigenvalue weighted by molar-refractivity contribution is -0.125. The molecule has 0 saturated carbocycles. The molecule has 0 aliphatic carbocycles. The van der Waals surface area contributed by atoms with Gasteiger partial charge in [0.15, 0.2) is 0 Å². The number of urea groups is 1. The van der Waals surface area contributed by atoms with Gasteiger partial charge in [-0.2, -0.15) is 0 Å². The molecule has 7 heteroatoms. The van der Waals surface area contributed by atoms with E-state index in [1.807, 2.05) is 11.4 Å². The fourth-order valence-corrected chi connectivity index (χ4v) is 3.29. The minimum absolute atomic E-state index is 0.0805. The van der Waals surface area contributed by atoms with Gasteiger partial charge in [0.2, 0.25) is 0 Å². The van der Waals surface area contributed by atoms with Crippen molar-refractivity contribution in [1.82, 2.24) is 15.5 Å². The molecule has 0 aromatic carbocycles. The topological polar surface area (TPSA) is 78.5 Å². The van der Waals surface area contributed by atoms with Crippen LogP contribution in [0.15, 0.2) is 17.5 Å². The maximum absolute atomic E-state index is 12.3. The summed E-state index contributed by atoms with van der Waals surface area (Å²) in [5, 5.41) is 6.75. The number of imide groups is 1. The second kappa shape index (κ2) is 4.34. The van der Waals surface area contributed by atoms with Crippen molar-refractivity contribution in [2.45, 2.75) is 18.4 Å². The first-order valence-electron chi connectivity index (χ1n) is 6.07. The smallest absolute Gasteiger partial charge is 0.322 e. The Morgan fingerprint density at radius 2 is 2.26 bits per heavy atom. The summed E-state index contributed by atoms with van der Waals surface area (Å²) in [4.78, 5) is 37.7. The molecule has 1 unspecified atom stereocenters. The van der Waals surface area contributed by atoms with Crippen molar-refractivity contribution in [2.75, 3.05) is 13.1 Å². The Hall–Kier alpha value is -1.89. The van der Waals surface area contributed by atoms with Gasteiger partial charge >= 0.3 is 6.03 Å². The van der Waals surface area contributed by atoms with E-state index in [1.54, 1.807) is 11.0 Å². The first kappa shape index (κ1) is 12.2. The predicted molar refractivity (Wildman–Crippen MR) is 68.9 cm³/mol. The molecular formula is C12H13N3O3S. The standard InChI is InChI=1S/C12H13N3O3S/c16-9(8-3-1-6-19-8)15-5-2-4-12(7-15)10(17)13-11(18)14-12/h1,3,6H,2,4-5,7H2,(H2,13,14,17,18). The van der Waals surface area contributed by atoms with Crippen molar-refractivity contribution in [3.63, 3.8) is 0 Å². The Bertz CT molecular complexity index is 542. The third-order valence-electron chi connectivity index (χ3n) is 3.53. The molecule has 1 aromatic heterocycles. The highest BCUT2D eigenvalue weighted by Gasteiger charge is 2.49. The average Bonchev–Trinajstić information content (AvgIpc) is 2.99. The summed E-state index contributed by atoms with van der Waals surface area (Å²) in [6, 6.07) is 3.11. The highest BCUT2D eigenvalue weighted by atomic mass is 32.1. The monoisotopic (exact) mass is 279 g/mol. The molecule has 1 aromatic rings. The van der Waals surface area contributed by atoms with Crippen LogP contribution in [0.25, 0.3) is 0 Å². The zero-order valence-corrected chi connectivity index (χ0v) is 11.0. The van der Waals surface area contributed by atoms with E-state index in [1.165, 1.54) is 11.3 Å². The van der Waals surface area contributed by atoms with Crippen LogP contribution in [0.4, 0.5) is 4.79 Å². The molecular weight excluding hydrogens is 266 g/mol. The lowest BCUT2D eigenvalue weighted by atomic mass is 9.89. The number of piperidine rings is 1. The molecule has 2 N–H and O–H groups in total. The minimum atomic E-state index is -0.942. The van der Waals surface area contributed by atoms with Crippen LogP contribution in [-0.2, 0) is 4.79 Å². The van der Waals surface area contributed by atoms with Crippen molar-refractivity contribution < 1.29 is 14.4 Å². The molecule has 2 fully saturated rings. The number of likely N-dealkylation sites (tertiary alicyclic amines) is 1. The van der Waals surface area contributed by atoms with Crippen LogP contribution in [0.1, 0.15) is 22.5 Å². The molecule has 4 amide bonds. The molecule has 2 aliphatic heterocycles. The molecule has 2 saturated heterocycles. The first-order valence-corrected chi connectivity index (χ1v) is 6.95. The van der Waals surface area contributed by atoms with Crippen LogP contribution >= 0.6 is 11.3 Å². The molecule has 2 aliphatic rings. The fourth-order valence-electron chi connectivity index (χ4n) is 2.60. The summed E-state index contributed by atoms with van der Waals surface area (Å²) >= 11 is 1.38. The van der Waals surface area contributed by atoms with Gasteiger partial charge in [-0.15, -0.1) is 11.3 Å². The second-order valence-corrected chi connectivity index (χ2v) is 5.75. The van der Waals surface area contributed by atoms with Gasteiger partial charge in [0, 0.05) is 6.54 Å². The number of rotatable bonds is 1. The molecule has 3 heterocycles. The van der Waals surface area contributed by atoms with Crippen LogP contribution in [0, 0.1) is 0 Å². The average molecular weight is 279 g/mol. The van der Waals surface area contributed by atoms with Gasteiger partial charge in [-0.05, 0) is 24.3 Å². The number of amides is 4. The van der Waals surface area contributed by atoms with Gasteiger partial charge in [0.1, 0.15) is 5.54 Å². The maximum Gasteiger partial charge on any atom is 0.322 e. The second-order valence-electron chi connectivity index (χ2n) is 4.80. The Labute approximate surface area is 113 Å². The van der Waals surface area contributed by atoms with Crippen molar-refractivity contribution in [2.24, 2.45) is 0 Å². The molecule has 1 spiro atoms. The highest BCUT2D eigenvalue weighted by molar-refractivity contribution is 7.12. The van der Waals surface area contributed by atoms with Crippen molar-refractivity contribution in [3.05, 3.63) is 22.4 Å². The summed E-state index contributed by atoms with van der Waals surface area (Å²) in [6.45, 7) is 0.850. The fraction of sp³-hybridized carbons (Fsp3) is 0.417. The minimum Gasteiger partial charge on any atom is -0.335 e. The molecule has 6 nitrogen and oxygen atoms in total. The largest absolute Gasteiger partial charge is 0.335 e. The van der Waals surface area contributed by atoms with Gasteiger partial charge in [-0.1, -0.05) is 6.07 Å². The lowest BCUT2D eigenvalue weighted by Crippen LogP contribution is -2.59. The maximum atomic E-state index is 12.3. The number of hydrogen-bond donors (Lipinski definition) is 2. The normalized spacial score (nSPS) is 26.4. The lowest BCUT2D eigenvalue weighted by Gasteiger charge is -2.37. The van der Waals surface area contributed by atoms with Gasteiger partial charge < -0.3 is 10.2 Å². The van der Waals surface area contributed by atoms with E-state index in [0.717, 1.165) is 0 Å². The van der Waals surface area contributed by atoms with Gasteiger partial charge in [0.05, 0.1) is 11.4 Å². The Morgan fingerprint density at radius 1 is 1.42 bits per heavy atom. The van der Waals surface area contributed by atoms with Crippen LogP contribution < -0.4 is 10.6 Å². The molecule has 100 valence electrons. The van der Waals surface area contributed by atoms with E-state index in [0.29, 0.717) is 24.3 Å². The van der Waals surface area contributed by atoms with E-state index in [2.05, 4.69) is 10.6 Å². The van der Waals surface area contributed by atoms with Gasteiger partial charge in [-0.3, -0.25) is 14.9 Å². The third-order valence-corrected chi connectivity index (χ3v) is 4.38. The molecule has 19 heavy (non-hydrogen) atoms. The summed E-state index contributed by atoms with van der Waals surface area (Å²) in [7, 11) is 0. The molecule has 1 atom stereocenters. The Morgan fingerprint density at radius 3 is 2.89 bits per heavy atom. The third kappa shape index (κ3) is 1.99. The van der Waals surface area contributed by atoms with E-state index in [4.69, 9.17) is 0 Å². The first-order chi connectivity index (χ1) is 9.11. The zero-order chi connectivity index (χ0) is 13.5. The van der Waals surface area contributed by atoms with Crippen molar-refractivity contribution in [1.29, 1.82) is 0 Å². The number of thiophene rings is 1. The zero-order valence-electron chi connectivity index (χ0n) is 10.1. The van der Waals surface area contributed by atoms with E-state index < -0.39 is 11.6 Å². The molecule has 3 rings (SSSR count). The van der Waals surface area contributed by atoms with Crippen LogP contribution in [0.5, 0.6) is 0 Å². The number of hydrogen-bond acceptors (Lipinski definition) is 4. The van der Waals surface area contributed by atoms with Crippen LogP contribution in [0.2, 0.25) is 0 Å². The summed E-state index contributed by atoms with van der Waals surface area (Å²) in [6.07, 6.45) is 1.27. The molecule has 0 radical (unpaired) electrons. The number of carbonyl (C=O) groups excluding carboxylic acids is 3. The Kier molecular flexibility index (Phi) is 2.78. The quantitative estimate of drug-likeness (QED) is 0.737. The Balaban J connectivity index is 1.80. The van der Waals surface area contributed by atoms with Crippen LogP contribution in [-0.4, -0.2) is 41.4 Å². The van der Waals surface area contributed by atoms with Crippen molar-refractivity contribution in [3.8, 4) is 0 Å².